The van der Waals surface area contributed by atoms with Crippen molar-refractivity contribution in [2.75, 3.05) is 13.4 Å². The molecule has 0 amide bonds. The van der Waals surface area contributed by atoms with Gasteiger partial charge < -0.3 is 14.2 Å². The van der Waals surface area contributed by atoms with Crippen LogP contribution in [-0.2, 0) is 4.74 Å². The Morgan fingerprint density at radius 1 is 1.23 bits per heavy atom. The molecule has 3 nitrogen and oxygen atoms in total. The van der Waals surface area contributed by atoms with Gasteiger partial charge in [-0.15, -0.1) is 0 Å². The zero-order chi connectivity index (χ0) is 8.84. The minimum atomic E-state index is 0.279. The van der Waals surface area contributed by atoms with Gasteiger partial charge in [0.15, 0.2) is 11.5 Å². The highest BCUT2D eigenvalue weighted by Gasteiger charge is 2.29. The van der Waals surface area contributed by atoms with E-state index in [0.29, 0.717) is 6.79 Å². The smallest absolute Gasteiger partial charge is 0.231 e. The monoisotopic (exact) mass is 290 g/mol. The number of hydrogen-bond donors (Lipinski definition) is 0. The third-order valence-electron chi connectivity index (χ3n) is 2.17. The molecule has 0 saturated carbocycles. The highest BCUT2D eigenvalue weighted by atomic mass is 127. The van der Waals surface area contributed by atoms with Crippen LogP contribution in [0.15, 0.2) is 12.1 Å². The summed E-state index contributed by atoms with van der Waals surface area (Å²) in [5, 5.41) is 0. The molecule has 1 aromatic rings. The first-order valence-electron chi connectivity index (χ1n) is 4.05. The van der Waals surface area contributed by atoms with Crippen molar-refractivity contribution in [2.24, 2.45) is 0 Å². The number of halogens is 1. The second kappa shape index (κ2) is 2.75. The van der Waals surface area contributed by atoms with Gasteiger partial charge in [0.05, 0.1) is 6.61 Å². The van der Waals surface area contributed by atoms with Crippen molar-refractivity contribution in [2.45, 2.75) is 6.10 Å². The summed E-state index contributed by atoms with van der Waals surface area (Å²) >= 11 is 2.29. The number of ether oxygens (including phenoxy) is 3. The van der Waals surface area contributed by atoms with Gasteiger partial charge >= 0.3 is 0 Å². The fraction of sp³-hybridized carbons (Fsp3) is 0.333. The fourth-order valence-corrected chi connectivity index (χ4v) is 2.19. The summed E-state index contributed by atoms with van der Waals surface area (Å²) < 4.78 is 17.0. The second-order valence-corrected chi connectivity index (χ2v) is 4.21. The van der Waals surface area contributed by atoms with Crippen molar-refractivity contribution in [3.63, 3.8) is 0 Å². The molecule has 2 aliphatic rings. The van der Waals surface area contributed by atoms with Crippen LogP contribution in [0, 0.1) is 3.57 Å². The van der Waals surface area contributed by atoms with Crippen molar-refractivity contribution in [1.29, 1.82) is 0 Å². The van der Waals surface area contributed by atoms with Gasteiger partial charge in [0.25, 0.3) is 0 Å². The van der Waals surface area contributed by atoms with Gasteiger partial charge in [-0.05, 0) is 34.7 Å². The van der Waals surface area contributed by atoms with E-state index < -0.39 is 0 Å². The van der Waals surface area contributed by atoms with Crippen molar-refractivity contribution < 1.29 is 14.2 Å². The lowest BCUT2D eigenvalue weighted by molar-refractivity contribution is 0.174. The van der Waals surface area contributed by atoms with E-state index in [4.69, 9.17) is 14.2 Å². The maximum absolute atomic E-state index is 5.29. The van der Waals surface area contributed by atoms with Gasteiger partial charge in [-0.25, -0.2) is 0 Å². The molecule has 1 atom stereocenters. The number of epoxide rings is 1. The van der Waals surface area contributed by atoms with Crippen LogP contribution >= 0.6 is 22.6 Å². The molecule has 2 aliphatic heterocycles. The number of rotatable bonds is 1. The predicted octanol–water partition coefficient (Wildman–Crippen LogP) is 2.09. The molecule has 0 N–H and O–H groups in total. The molecule has 1 unspecified atom stereocenters. The van der Waals surface area contributed by atoms with E-state index in [0.717, 1.165) is 18.1 Å². The van der Waals surface area contributed by atoms with Crippen LogP contribution in [0.2, 0.25) is 0 Å². The molecule has 3 rings (SSSR count). The van der Waals surface area contributed by atoms with E-state index in [1.807, 2.05) is 12.1 Å². The third-order valence-corrected chi connectivity index (χ3v) is 3.11. The molecular weight excluding hydrogens is 283 g/mol. The Morgan fingerprint density at radius 3 is 2.62 bits per heavy atom. The number of hydrogen-bond acceptors (Lipinski definition) is 3. The van der Waals surface area contributed by atoms with Crippen LogP contribution in [0.4, 0.5) is 0 Å². The van der Waals surface area contributed by atoms with Crippen molar-refractivity contribution >= 4 is 22.6 Å². The number of benzene rings is 1. The van der Waals surface area contributed by atoms with Gasteiger partial charge in [-0.1, -0.05) is 0 Å². The SMILES string of the molecule is Ic1cc2c(cc1C1CO1)OCO2. The molecule has 1 aromatic carbocycles. The van der Waals surface area contributed by atoms with Gasteiger partial charge in [0, 0.05) is 9.13 Å². The summed E-state index contributed by atoms with van der Waals surface area (Å²) in [5.41, 5.74) is 1.21. The van der Waals surface area contributed by atoms with Gasteiger partial charge in [-0.2, -0.15) is 0 Å². The predicted molar refractivity (Wildman–Crippen MR) is 54.0 cm³/mol. The average Bonchev–Trinajstić information content (AvgIpc) is 2.85. The molecule has 0 radical (unpaired) electrons. The van der Waals surface area contributed by atoms with E-state index >= 15 is 0 Å². The van der Waals surface area contributed by atoms with Crippen molar-refractivity contribution in [3.05, 3.63) is 21.3 Å². The lowest BCUT2D eigenvalue weighted by Crippen LogP contribution is -1.92. The Hall–Kier alpha value is -0.490. The van der Waals surface area contributed by atoms with E-state index in [1.54, 1.807) is 0 Å². The summed E-state index contributed by atoms with van der Waals surface area (Å²) in [5.74, 6) is 1.68. The molecule has 2 heterocycles. The standard InChI is InChI=1S/C9H7IO3/c10-6-2-8-7(12-4-13-8)1-5(6)9-3-11-9/h1-2,9H,3-4H2. The van der Waals surface area contributed by atoms with E-state index in [1.165, 1.54) is 9.13 Å². The average molecular weight is 290 g/mol. The van der Waals surface area contributed by atoms with E-state index in [-0.39, 0.29) is 6.10 Å². The van der Waals surface area contributed by atoms with Crippen LogP contribution in [-0.4, -0.2) is 13.4 Å². The van der Waals surface area contributed by atoms with Crippen LogP contribution < -0.4 is 9.47 Å². The van der Waals surface area contributed by atoms with Crippen LogP contribution in [0.3, 0.4) is 0 Å². The Kier molecular flexibility index (Phi) is 1.66. The highest BCUT2D eigenvalue weighted by Crippen LogP contribution is 2.41. The van der Waals surface area contributed by atoms with Crippen LogP contribution in [0.1, 0.15) is 11.7 Å². The molecule has 0 aromatic heterocycles. The summed E-state index contributed by atoms with van der Waals surface area (Å²) in [6.45, 7) is 1.16. The normalized spacial score (nSPS) is 23.3. The molecule has 1 saturated heterocycles. The summed E-state index contributed by atoms with van der Waals surface area (Å²) in [7, 11) is 0. The maximum atomic E-state index is 5.29. The topological polar surface area (TPSA) is 31.0 Å². The van der Waals surface area contributed by atoms with Crippen molar-refractivity contribution in [1.82, 2.24) is 0 Å². The lowest BCUT2D eigenvalue weighted by atomic mass is 10.1. The first kappa shape index (κ1) is 7.87. The summed E-state index contributed by atoms with van der Waals surface area (Å²) in [6, 6.07) is 4.02. The van der Waals surface area contributed by atoms with Crippen LogP contribution in [0.5, 0.6) is 11.5 Å². The van der Waals surface area contributed by atoms with E-state index in [2.05, 4.69) is 22.6 Å². The zero-order valence-electron chi connectivity index (χ0n) is 6.75. The van der Waals surface area contributed by atoms with E-state index in [9.17, 15) is 0 Å². The fourth-order valence-electron chi connectivity index (χ4n) is 1.41. The minimum Gasteiger partial charge on any atom is -0.454 e. The maximum Gasteiger partial charge on any atom is 0.231 e. The zero-order valence-corrected chi connectivity index (χ0v) is 8.91. The first-order chi connectivity index (χ1) is 6.34. The Morgan fingerprint density at radius 2 is 1.92 bits per heavy atom. The lowest BCUT2D eigenvalue weighted by Gasteiger charge is -2.02. The van der Waals surface area contributed by atoms with Crippen molar-refractivity contribution in [3.8, 4) is 11.5 Å². The molecular formula is C9H7IO3. The molecule has 0 spiro atoms. The third kappa shape index (κ3) is 1.28. The summed E-state index contributed by atoms with van der Waals surface area (Å²) in [4.78, 5) is 0. The van der Waals surface area contributed by atoms with Gasteiger partial charge in [0.1, 0.15) is 6.10 Å². The molecule has 13 heavy (non-hydrogen) atoms. The van der Waals surface area contributed by atoms with Gasteiger partial charge in [-0.3, -0.25) is 0 Å². The Balaban J connectivity index is 2.10. The molecule has 0 bridgehead atoms. The largest absolute Gasteiger partial charge is 0.454 e. The molecule has 4 heteroatoms. The Labute approximate surface area is 89.1 Å². The quantitative estimate of drug-likeness (QED) is 0.586. The highest BCUT2D eigenvalue weighted by molar-refractivity contribution is 14.1. The molecule has 68 valence electrons. The number of fused-ring (bicyclic) bond motifs is 1. The molecule has 1 fully saturated rings. The van der Waals surface area contributed by atoms with Gasteiger partial charge in [0.2, 0.25) is 6.79 Å². The minimum absolute atomic E-state index is 0.279. The molecule has 0 aliphatic carbocycles. The first-order valence-corrected chi connectivity index (χ1v) is 5.13. The second-order valence-electron chi connectivity index (χ2n) is 3.05. The summed E-state index contributed by atoms with van der Waals surface area (Å²) in [6.07, 6.45) is 0.279. The van der Waals surface area contributed by atoms with Crippen LogP contribution in [0.25, 0.3) is 0 Å². The Bertz CT molecular complexity index is 360.